The minimum Gasteiger partial charge on any atom is -0.309 e. The summed E-state index contributed by atoms with van der Waals surface area (Å²) in [6, 6.07) is 52.4. The highest BCUT2D eigenvalue weighted by molar-refractivity contribution is 6.19. The van der Waals surface area contributed by atoms with Gasteiger partial charge in [0.05, 0.1) is 22.1 Å². The van der Waals surface area contributed by atoms with Crippen LogP contribution in [0.2, 0.25) is 0 Å². The molecule has 0 atom stereocenters. The minimum atomic E-state index is 1.17. The lowest BCUT2D eigenvalue weighted by atomic mass is 10.0. The molecule has 2 heteroatoms. The molecule has 0 aliphatic carbocycles. The fourth-order valence-electron chi connectivity index (χ4n) is 6.00. The van der Waals surface area contributed by atoms with Gasteiger partial charge in [-0.25, -0.2) is 0 Å². The molecular weight excluding hydrogens is 460 g/mol. The van der Waals surface area contributed by atoms with Crippen molar-refractivity contribution in [2.45, 2.75) is 0 Å². The molecule has 0 saturated carbocycles. The third-order valence-electron chi connectivity index (χ3n) is 7.69. The molecule has 0 amide bonds. The van der Waals surface area contributed by atoms with Crippen molar-refractivity contribution in [1.82, 2.24) is 9.13 Å². The van der Waals surface area contributed by atoms with Gasteiger partial charge in [-0.1, -0.05) is 91.0 Å². The summed E-state index contributed by atoms with van der Waals surface area (Å²) in [7, 11) is 0. The first-order valence-corrected chi connectivity index (χ1v) is 13.0. The predicted octanol–water partition coefficient (Wildman–Crippen LogP) is 9.55. The molecule has 0 N–H and O–H groups in total. The molecule has 0 unspecified atom stereocenters. The minimum absolute atomic E-state index is 1.17. The number of nitrogens with zero attached hydrogens (tertiary/aromatic N) is 2. The van der Waals surface area contributed by atoms with E-state index in [1.165, 1.54) is 66.1 Å². The van der Waals surface area contributed by atoms with Crippen LogP contribution in [0.1, 0.15) is 0 Å². The van der Waals surface area contributed by atoms with Crippen molar-refractivity contribution in [3.8, 4) is 22.5 Å². The lowest BCUT2D eigenvalue weighted by Gasteiger charge is -2.09. The third-order valence-corrected chi connectivity index (χ3v) is 7.69. The van der Waals surface area contributed by atoms with Crippen LogP contribution < -0.4 is 0 Å². The second-order valence-corrected chi connectivity index (χ2v) is 9.84. The van der Waals surface area contributed by atoms with Crippen LogP contribution in [0.4, 0.5) is 0 Å². The van der Waals surface area contributed by atoms with E-state index in [4.69, 9.17) is 0 Å². The molecule has 0 aliphatic heterocycles. The molecule has 0 bridgehead atoms. The Balaban J connectivity index is 1.55. The first-order valence-electron chi connectivity index (χ1n) is 13.0. The van der Waals surface area contributed by atoms with Crippen LogP contribution in [0.25, 0.3) is 66.1 Å². The zero-order chi connectivity index (χ0) is 25.1. The Morgan fingerprint density at radius 2 is 0.763 bits per heavy atom. The number of benzene rings is 6. The van der Waals surface area contributed by atoms with E-state index in [2.05, 4.69) is 155 Å². The van der Waals surface area contributed by atoms with E-state index in [0.717, 1.165) is 0 Å². The lowest BCUT2D eigenvalue weighted by Crippen LogP contribution is -1.94. The normalized spacial score (nSPS) is 11.7. The quantitative estimate of drug-likeness (QED) is 0.236. The van der Waals surface area contributed by atoms with Crippen molar-refractivity contribution in [2.24, 2.45) is 0 Å². The monoisotopic (exact) mass is 484 g/mol. The Labute approximate surface area is 220 Å². The van der Waals surface area contributed by atoms with Gasteiger partial charge in [-0.05, 0) is 65.7 Å². The lowest BCUT2D eigenvalue weighted by molar-refractivity contribution is 1.17. The topological polar surface area (TPSA) is 9.86 Å². The van der Waals surface area contributed by atoms with E-state index >= 15 is 0 Å². The number of aromatic nitrogens is 2. The first-order chi connectivity index (χ1) is 18.9. The molecule has 0 aliphatic rings. The van der Waals surface area contributed by atoms with E-state index in [0.29, 0.717) is 0 Å². The smallest absolute Gasteiger partial charge is 0.0548 e. The van der Waals surface area contributed by atoms with Gasteiger partial charge in [0.2, 0.25) is 0 Å². The van der Waals surface area contributed by atoms with Crippen molar-refractivity contribution in [3.63, 3.8) is 0 Å². The maximum Gasteiger partial charge on any atom is 0.0548 e. The highest BCUT2D eigenvalue weighted by atomic mass is 15.0. The summed E-state index contributed by atoms with van der Waals surface area (Å²) in [5.74, 6) is 0. The molecule has 38 heavy (non-hydrogen) atoms. The summed E-state index contributed by atoms with van der Waals surface area (Å²) in [5.41, 5.74) is 9.70. The molecule has 2 heterocycles. The Morgan fingerprint density at radius 3 is 1.39 bits per heavy atom. The van der Waals surface area contributed by atoms with Crippen molar-refractivity contribution in [1.29, 1.82) is 0 Å². The van der Waals surface area contributed by atoms with Crippen LogP contribution in [0.3, 0.4) is 0 Å². The summed E-state index contributed by atoms with van der Waals surface area (Å²) >= 11 is 0. The van der Waals surface area contributed by atoms with Crippen LogP contribution in [0.15, 0.2) is 146 Å². The molecule has 2 aromatic heterocycles. The van der Waals surface area contributed by atoms with Crippen molar-refractivity contribution >= 4 is 43.6 Å². The molecule has 0 spiro atoms. The van der Waals surface area contributed by atoms with Crippen LogP contribution in [0.5, 0.6) is 0 Å². The summed E-state index contributed by atoms with van der Waals surface area (Å²) in [4.78, 5) is 0. The standard InChI is InChI=1S/C36H24N2/c1-4-12-25(13-5-1)26-20-21-34-30(22-26)32-24-35-31(23-36(32)38(34)28-16-8-3-9-17-28)29-18-10-11-19-33(29)37(35)27-14-6-2-7-15-27/h1-24H. The van der Waals surface area contributed by atoms with Crippen molar-refractivity contribution < 1.29 is 0 Å². The number of fused-ring (bicyclic) bond motifs is 6. The maximum absolute atomic E-state index is 2.41. The molecule has 6 aromatic carbocycles. The van der Waals surface area contributed by atoms with Crippen LogP contribution in [0, 0.1) is 0 Å². The summed E-state index contributed by atoms with van der Waals surface area (Å²) in [6.45, 7) is 0. The maximum atomic E-state index is 2.41. The van der Waals surface area contributed by atoms with Gasteiger partial charge in [0.15, 0.2) is 0 Å². The summed E-state index contributed by atoms with van der Waals surface area (Å²) in [6.07, 6.45) is 0. The van der Waals surface area contributed by atoms with Crippen LogP contribution >= 0.6 is 0 Å². The van der Waals surface area contributed by atoms with Gasteiger partial charge < -0.3 is 9.13 Å². The van der Waals surface area contributed by atoms with E-state index < -0.39 is 0 Å². The molecule has 0 fully saturated rings. The SMILES string of the molecule is c1ccc(-c2ccc3c(c2)c2cc4c(cc2n3-c2ccccc2)c2ccccc2n4-c2ccccc2)cc1. The Morgan fingerprint density at radius 1 is 0.289 bits per heavy atom. The van der Waals surface area contributed by atoms with Crippen molar-refractivity contribution in [2.75, 3.05) is 0 Å². The summed E-state index contributed by atoms with van der Waals surface area (Å²) < 4.78 is 4.81. The zero-order valence-electron chi connectivity index (χ0n) is 20.8. The van der Waals surface area contributed by atoms with Gasteiger partial charge in [-0.2, -0.15) is 0 Å². The number of hydrogen-bond donors (Lipinski definition) is 0. The molecule has 2 nitrogen and oxygen atoms in total. The Bertz CT molecular complexity index is 2100. The van der Waals surface area contributed by atoms with E-state index in [-0.39, 0.29) is 0 Å². The molecule has 8 aromatic rings. The fourth-order valence-corrected chi connectivity index (χ4v) is 6.00. The second-order valence-electron chi connectivity index (χ2n) is 9.84. The van der Waals surface area contributed by atoms with Gasteiger partial charge >= 0.3 is 0 Å². The van der Waals surface area contributed by atoms with Crippen LogP contribution in [-0.2, 0) is 0 Å². The highest BCUT2D eigenvalue weighted by Crippen LogP contribution is 2.40. The molecular formula is C36H24N2. The third kappa shape index (κ3) is 3.07. The van der Waals surface area contributed by atoms with Gasteiger partial charge in [0, 0.05) is 32.9 Å². The first kappa shape index (κ1) is 21.0. The van der Waals surface area contributed by atoms with Crippen LogP contribution in [-0.4, -0.2) is 9.13 Å². The van der Waals surface area contributed by atoms with Crippen molar-refractivity contribution in [3.05, 3.63) is 146 Å². The molecule has 0 radical (unpaired) electrons. The highest BCUT2D eigenvalue weighted by Gasteiger charge is 2.18. The van der Waals surface area contributed by atoms with E-state index in [1.54, 1.807) is 0 Å². The zero-order valence-corrected chi connectivity index (χ0v) is 20.8. The van der Waals surface area contributed by atoms with Gasteiger partial charge in [-0.15, -0.1) is 0 Å². The Hall–Kier alpha value is -5.08. The number of para-hydroxylation sites is 3. The summed E-state index contributed by atoms with van der Waals surface area (Å²) in [5, 5.41) is 5.05. The molecule has 0 saturated heterocycles. The average molecular weight is 485 g/mol. The van der Waals surface area contributed by atoms with Gasteiger partial charge in [0.25, 0.3) is 0 Å². The van der Waals surface area contributed by atoms with Gasteiger partial charge in [-0.3, -0.25) is 0 Å². The Kier molecular flexibility index (Phi) is 4.55. The molecule has 178 valence electrons. The largest absolute Gasteiger partial charge is 0.309 e. The molecule has 8 rings (SSSR count). The second kappa shape index (κ2) is 8.22. The van der Waals surface area contributed by atoms with E-state index in [1.807, 2.05) is 0 Å². The number of hydrogen-bond acceptors (Lipinski definition) is 0. The average Bonchev–Trinajstić information content (AvgIpc) is 3.49. The number of rotatable bonds is 3. The fraction of sp³-hybridized carbons (Fsp3) is 0. The van der Waals surface area contributed by atoms with E-state index in [9.17, 15) is 0 Å². The predicted molar refractivity (Wildman–Crippen MR) is 161 cm³/mol. The van der Waals surface area contributed by atoms with Gasteiger partial charge in [0.1, 0.15) is 0 Å².